The second kappa shape index (κ2) is 17.3. The first-order chi connectivity index (χ1) is 23.2. The Morgan fingerprint density at radius 1 is 0.740 bits per heavy atom. The van der Waals surface area contributed by atoms with E-state index in [9.17, 15) is 19.2 Å². The molecule has 0 bridgehead atoms. The second-order valence-corrected chi connectivity index (χ2v) is 16.5. The molecule has 0 spiro atoms. The number of rotatable bonds is 13. The monoisotopic (exact) mass is 812 g/mol. The molecule has 2 aromatic carbocycles. The van der Waals surface area contributed by atoms with Gasteiger partial charge in [0.05, 0.1) is 43.3 Å². The zero-order chi connectivity index (χ0) is 37.9. The predicted octanol–water partition coefficient (Wildman–Crippen LogP) is 11.6. The Kier molecular flexibility index (Phi) is 14.7. The molecule has 3 rings (SSSR count). The first kappa shape index (κ1) is 42.5. The summed E-state index contributed by atoms with van der Waals surface area (Å²) in [5, 5.41) is -1.51. The number of halogens is 6. The minimum atomic E-state index is -1.65. The molecule has 4 atom stereocenters. The zero-order valence-corrected chi connectivity index (χ0v) is 33.8. The molecule has 276 valence electrons. The average molecular weight is 815 g/mol. The molecule has 0 amide bonds. The van der Waals surface area contributed by atoms with Crippen LogP contribution >= 0.6 is 69.6 Å². The van der Waals surface area contributed by atoms with E-state index in [4.69, 9.17) is 88.6 Å². The van der Waals surface area contributed by atoms with E-state index in [0.717, 1.165) is 25.0 Å². The number of ether oxygens (including phenoxy) is 4. The molecule has 0 aliphatic heterocycles. The topological polar surface area (TPSA) is 105 Å². The Hall–Kier alpha value is -1.94. The molecule has 8 nitrogen and oxygen atoms in total. The molecule has 1 aliphatic carbocycles. The highest BCUT2D eigenvalue weighted by molar-refractivity contribution is 6.47. The second-order valence-electron chi connectivity index (χ2n) is 14.1. The number of hydrogen-bond acceptors (Lipinski definition) is 8. The number of carbonyl (C=O) groups excluding carboxylic acids is 4. The van der Waals surface area contributed by atoms with Crippen LogP contribution in [0.4, 0.5) is 0 Å². The Morgan fingerprint density at radius 3 is 1.56 bits per heavy atom. The van der Waals surface area contributed by atoms with E-state index in [1.165, 1.54) is 0 Å². The summed E-state index contributed by atoms with van der Waals surface area (Å²) >= 11 is 37.6. The van der Waals surface area contributed by atoms with Crippen molar-refractivity contribution in [3.8, 4) is 11.5 Å². The molecular formula is C36H42Cl6O8. The van der Waals surface area contributed by atoms with Gasteiger partial charge in [-0.1, -0.05) is 138 Å². The molecule has 0 aromatic heterocycles. The van der Waals surface area contributed by atoms with Crippen molar-refractivity contribution in [1.29, 1.82) is 0 Å². The van der Waals surface area contributed by atoms with Crippen LogP contribution in [0.2, 0.25) is 30.1 Å². The van der Waals surface area contributed by atoms with E-state index in [-0.39, 0.29) is 60.1 Å². The first-order valence-electron chi connectivity index (χ1n) is 16.3. The van der Waals surface area contributed by atoms with Crippen LogP contribution in [-0.4, -0.2) is 37.1 Å². The van der Waals surface area contributed by atoms with Gasteiger partial charge in [-0.3, -0.25) is 0 Å². The lowest BCUT2D eigenvalue weighted by molar-refractivity contribution is -0.156. The minimum Gasteiger partial charge on any atom is -0.462 e. The van der Waals surface area contributed by atoms with Crippen LogP contribution in [0.25, 0.3) is 0 Å². The molecule has 1 aliphatic rings. The average Bonchev–Trinajstić information content (AvgIpc) is 3.55. The summed E-state index contributed by atoms with van der Waals surface area (Å²) in [7, 11) is 0. The third-order valence-electron chi connectivity index (χ3n) is 9.65. The van der Waals surface area contributed by atoms with Gasteiger partial charge in [0.25, 0.3) is 0 Å². The maximum atomic E-state index is 13.3. The van der Waals surface area contributed by atoms with Gasteiger partial charge in [0.15, 0.2) is 11.5 Å². The molecule has 0 heterocycles. The molecule has 0 radical (unpaired) electrons. The Morgan fingerprint density at radius 2 is 1.18 bits per heavy atom. The van der Waals surface area contributed by atoms with Crippen LogP contribution in [0.15, 0.2) is 12.1 Å². The molecule has 0 saturated heterocycles. The summed E-state index contributed by atoms with van der Waals surface area (Å²) in [6.45, 7) is 17.2. The summed E-state index contributed by atoms with van der Waals surface area (Å²) in [4.78, 5) is 52.6. The van der Waals surface area contributed by atoms with E-state index < -0.39 is 46.5 Å². The summed E-state index contributed by atoms with van der Waals surface area (Å²) in [5.41, 5.74) is -0.750. The van der Waals surface area contributed by atoms with Gasteiger partial charge in [0.2, 0.25) is 0 Å². The van der Waals surface area contributed by atoms with Crippen LogP contribution in [-0.2, 0) is 19.1 Å². The van der Waals surface area contributed by atoms with Crippen molar-refractivity contribution in [3.63, 3.8) is 0 Å². The highest BCUT2D eigenvalue weighted by atomic mass is 35.5. The third kappa shape index (κ3) is 9.73. The van der Waals surface area contributed by atoms with Crippen molar-refractivity contribution in [2.24, 2.45) is 34.5 Å². The van der Waals surface area contributed by atoms with Gasteiger partial charge in [-0.05, 0) is 59.5 Å². The summed E-state index contributed by atoms with van der Waals surface area (Å²) in [6.07, 6.45) is 3.10. The maximum Gasteiger partial charge on any atom is 0.423 e. The largest absolute Gasteiger partial charge is 0.462 e. The van der Waals surface area contributed by atoms with Gasteiger partial charge in [-0.2, -0.15) is 0 Å². The fraction of sp³-hybridized carbons (Fsp3) is 0.556. The number of esters is 4. The molecule has 1 saturated carbocycles. The van der Waals surface area contributed by atoms with E-state index >= 15 is 0 Å². The van der Waals surface area contributed by atoms with Crippen molar-refractivity contribution in [2.75, 3.05) is 13.2 Å². The van der Waals surface area contributed by atoms with Crippen molar-refractivity contribution >= 4 is 93.5 Å². The quantitative estimate of drug-likeness (QED) is 0.0852. The van der Waals surface area contributed by atoms with Gasteiger partial charge in [-0.15, -0.1) is 0 Å². The molecule has 2 aromatic rings. The van der Waals surface area contributed by atoms with Crippen LogP contribution in [0.1, 0.15) is 102 Å². The fourth-order valence-corrected chi connectivity index (χ4v) is 8.50. The zero-order valence-electron chi connectivity index (χ0n) is 29.2. The van der Waals surface area contributed by atoms with Crippen LogP contribution < -0.4 is 9.47 Å². The Balaban J connectivity index is 1.79. The minimum absolute atomic E-state index is 0.0226. The normalized spacial score (nSPS) is 17.8. The number of hydrogen-bond donors (Lipinski definition) is 0. The Bertz CT molecular complexity index is 1630. The highest BCUT2D eigenvalue weighted by Gasteiger charge is 2.55. The van der Waals surface area contributed by atoms with Crippen LogP contribution in [0.5, 0.6) is 11.5 Å². The Labute approximate surface area is 323 Å². The lowest BCUT2D eigenvalue weighted by Crippen LogP contribution is -2.28. The van der Waals surface area contributed by atoms with Gasteiger partial charge < -0.3 is 18.9 Å². The van der Waals surface area contributed by atoms with E-state index in [1.54, 1.807) is 0 Å². The van der Waals surface area contributed by atoms with Crippen molar-refractivity contribution in [2.45, 2.75) is 81.1 Å². The molecule has 14 heteroatoms. The lowest BCUT2D eigenvalue weighted by Gasteiger charge is -2.34. The number of carbonyl (C=O) groups is 4. The van der Waals surface area contributed by atoms with E-state index in [2.05, 4.69) is 55.4 Å². The highest BCUT2D eigenvalue weighted by Crippen LogP contribution is 2.61. The standard InChI is InChI=1S/C36H42Cl6O8/c1-9-18(35(4,5)6)17(3)11-13-47-31(43)25-27(41)21(37)15-23(39)29(25)49-33(45)34(46)50-30-24(40)16-22(38)28(42)26(30)32(44)48-14-12-20-19(10-2)36(20,7)8/h15-20H,9-14H2,1-8H3. The SMILES string of the molecule is CCC(C(C)CCOC(=O)c1c(Cl)c(Cl)cc(Cl)c1OC(=O)C(=O)Oc1c(Cl)cc(Cl)c(Cl)c1C(=O)OCCC1C(CC)C1(C)C)C(C)(C)C. The van der Waals surface area contributed by atoms with Crippen molar-refractivity contribution in [1.82, 2.24) is 0 Å². The number of benzene rings is 2. The van der Waals surface area contributed by atoms with Gasteiger partial charge in [-0.25, -0.2) is 19.2 Å². The van der Waals surface area contributed by atoms with Crippen LogP contribution in [0, 0.1) is 34.5 Å². The summed E-state index contributed by atoms with van der Waals surface area (Å²) in [5.74, 6) is -4.96. The molecule has 1 fully saturated rings. The molecule has 50 heavy (non-hydrogen) atoms. The fourth-order valence-electron chi connectivity index (χ4n) is 7.06. The van der Waals surface area contributed by atoms with E-state index in [1.807, 2.05) is 0 Å². The van der Waals surface area contributed by atoms with Crippen molar-refractivity contribution in [3.05, 3.63) is 53.4 Å². The lowest BCUT2D eigenvalue weighted by atomic mass is 9.71. The van der Waals surface area contributed by atoms with Gasteiger partial charge in [0, 0.05) is 0 Å². The summed E-state index contributed by atoms with van der Waals surface area (Å²) < 4.78 is 21.4. The van der Waals surface area contributed by atoms with Crippen molar-refractivity contribution < 1.29 is 38.1 Å². The predicted molar refractivity (Wildman–Crippen MR) is 197 cm³/mol. The smallest absolute Gasteiger partial charge is 0.423 e. The maximum absolute atomic E-state index is 13.3. The first-order valence-corrected chi connectivity index (χ1v) is 18.6. The summed E-state index contributed by atoms with van der Waals surface area (Å²) in [6, 6.07) is 2.26. The molecule has 0 N–H and O–H groups in total. The molecular weight excluding hydrogens is 773 g/mol. The van der Waals surface area contributed by atoms with Gasteiger partial charge in [0.1, 0.15) is 11.1 Å². The van der Waals surface area contributed by atoms with E-state index in [0.29, 0.717) is 30.6 Å². The third-order valence-corrected chi connectivity index (χ3v) is 11.8. The molecule has 4 unspecified atom stereocenters. The van der Waals surface area contributed by atoms with Crippen LogP contribution in [0.3, 0.4) is 0 Å². The van der Waals surface area contributed by atoms with Gasteiger partial charge >= 0.3 is 23.9 Å².